The number of rotatable bonds is 6. The van der Waals surface area contributed by atoms with Gasteiger partial charge < -0.3 is 14.4 Å². The summed E-state index contributed by atoms with van der Waals surface area (Å²) < 4.78 is 6.78. The van der Waals surface area contributed by atoms with Crippen LogP contribution in [0, 0.1) is 10.1 Å². The highest BCUT2D eigenvalue weighted by Gasteiger charge is 2.26. The lowest BCUT2D eigenvalue weighted by Crippen LogP contribution is -2.05. The maximum Gasteiger partial charge on any atom is 0.338 e. The van der Waals surface area contributed by atoms with E-state index in [1.165, 1.54) is 25.3 Å². The third-order valence-electron chi connectivity index (χ3n) is 4.36. The molecule has 27 heavy (non-hydrogen) atoms. The van der Waals surface area contributed by atoms with Crippen LogP contribution in [0.3, 0.4) is 0 Å². The number of benzene rings is 2. The first-order valence-electron chi connectivity index (χ1n) is 8.33. The summed E-state index contributed by atoms with van der Waals surface area (Å²) in [5.41, 5.74) is 1.91. The van der Waals surface area contributed by atoms with E-state index in [0.29, 0.717) is 29.0 Å². The number of nitro benzene ring substituents is 1. The molecular formula is C20H18N2O5. The largest absolute Gasteiger partial charge is 0.497 e. The fourth-order valence-electron chi connectivity index (χ4n) is 3.11. The van der Waals surface area contributed by atoms with Crippen molar-refractivity contribution in [2.75, 3.05) is 7.11 Å². The number of methoxy groups -OCH3 is 1. The van der Waals surface area contributed by atoms with E-state index in [2.05, 4.69) is 0 Å². The van der Waals surface area contributed by atoms with Gasteiger partial charge in [0.2, 0.25) is 0 Å². The normalized spacial score (nSPS) is 10.6. The quantitative estimate of drug-likeness (QED) is 0.518. The van der Waals surface area contributed by atoms with Crippen LogP contribution < -0.4 is 4.74 Å². The molecule has 2 aromatic carbocycles. The number of aryl methyl sites for hydroxylation is 1. The number of aromatic nitrogens is 1. The Labute approximate surface area is 155 Å². The van der Waals surface area contributed by atoms with Gasteiger partial charge in [-0.25, -0.2) is 4.79 Å². The van der Waals surface area contributed by atoms with Crippen molar-refractivity contribution in [1.29, 1.82) is 0 Å². The number of carboxylic acids is 1. The summed E-state index contributed by atoms with van der Waals surface area (Å²) in [6, 6.07) is 13.4. The summed E-state index contributed by atoms with van der Waals surface area (Å²) in [6.07, 6.45) is 2.12. The Balaban J connectivity index is 2.41. The number of hydrogen-bond donors (Lipinski definition) is 1. The Bertz CT molecular complexity index is 1010. The van der Waals surface area contributed by atoms with Crippen LogP contribution in [0.5, 0.6) is 5.75 Å². The van der Waals surface area contributed by atoms with Gasteiger partial charge in [-0.3, -0.25) is 10.1 Å². The van der Waals surface area contributed by atoms with Gasteiger partial charge in [-0.1, -0.05) is 37.3 Å². The van der Waals surface area contributed by atoms with E-state index >= 15 is 0 Å². The van der Waals surface area contributed by atoms with Gasteiger partial charge in [0.15, 0.2) is 0 Å². The summed E-state index contributed by atoms with van der Waals surface area (Å²) in [4.78, 5) is 23.1. The van der Waals surface area contributed by atoms with Crippen molar-refractivity contribution in [2.45, 2.75) is 13.3 Å². The Kier molecular flexibility index (Phi) is 4.94. The Morgan fingerprint density at radius 3 is 2.48 bits per heavy atom. The summed E-state index contributed by atoms with van der Waals surface area (Å²) in [5.74, 6) is -0.631. The van der Waals surface area contributed by atoms with Crippen LogP contribution in [0.4, 0.5) is 5.69 Å². The van der Waals surface area contributed by atoms with Crippen molar-refractivity contribution >= 4 is 11.7 Å². The Morgan fingerprint density at radius 1 is 1.22 bits per heavy atom. The molecule has 0 bridgehead atoms. The van der Waals surface area contributed by atoms with Crippen molar-refractivity contribution in [1.82, 2.24) is 4.57 Å². The topological polar surface area (TPSA) is 94.6 Å². The van der Waals surface area contributed by atoms with E-state index in [9.17, 15) is 20.0 Å². The Hall–Kier alpha value is -3.61. The second-order valence-electron chi connectivity index (χ2n) is 5.88. The van der Waals surface area contributed by atoms with Crippen molar-refractivity contribution in [3.8, 4) is 22.7 Å². The van der Waals surface area contributed by atoms with Gasteiger partial charge in [0.1, 0.15) is 11.4 Å². The summed E-state index contributed by atoms with van der Waals surface area (Å²) in [6.45, 7) is 1.85. The van der Waals surface area contributed by atoms with Crippen LogP contribution >= 0.6 is 0 Å². The molecule has 0 aliphatic heterocycles. The molecule has 0 aliphatic carbocycles. The van der Waals surface area contributed by atoms with Gasteiger partial charge in [-0.2, -0.15) is 0 Å². The van der Waals surface area contributed by atoms with Gasteiger partial charge in [-0.05, 0) is 23.6 Å². The third-order valence-corrected chi connectivity index (χ3v) is 4.36. The molecule has 0 amide bonds. The van der Waals surface area contributed by atoms with Crippen LogP contribution in [0.1, 0.15) is 22.8 Å². The fourth-order valence-corrected chi connectivity index (χ4v) is 3.11. The number of carboxylic acid groups (broad SMARTS) is 1. The molecule has 3 rings (SSSR count). The average molecular weight is 366 g/mol. The first-order valence-corrected chi connectivity index (χ1v) is 8.33. The minimum Gasteiger partial charge on any atom is -0.497 e. The maximum atomic E-state index is 12.0. The zero-order valence-electron chi connectivity index (χ0n) is 14.9. The molecule has 7 nitrogen and oxygen atoms in total. The second-order valence-corrected chi connectivity index (χ2v) is 5.88. The molecule has 0 radical (unpaired) electrons. The SMILES string of the molecule is CCc1cn(-c2cc(OC)ccc2[N+](=O)[O-])c(-c2ccccc2)c1C(=O)O. The lowest BCUT2D eigenvalue weighted by molar-refractivity contribution is -0.384. The van der Waals surface area contributed by atoms with Crippen molar-refractivity contribution in [3.05, 3.63) is 76.0 Å². The van der Waals surface area contributed by atoms with Gasteiger partial charge in [0, 0.05) is 18.3 Å². The first-order chi connectivity index (χ1) is 13.0. The number of nitrogens with zero attached hydrogens (tertiary/aromatic N) is 2. The lowest BCUT2D eigenvalue weighted by Gasteiger charge is -2.12. The highest BCUT2D eigenvalue weighted by atomic mass is 16.6. The van der Waals surface area contributed by atoms with Crippen molar-refractivity contribution in [2.24, 2.45) is 0 Å². The van der Waals surface area contributed by atoms with E-state index in [1.807, 2.05) is 13.0 Å². The standard InChI is InChI=1S/C20H18N2O5/c1-3-13-12-21(17-11-15(27-2)9-10-16(17)22(25)26)19(18(13)20(23)24)14-7-5-4-6-8-14/h4-12H,3H2,1-2H3,(H,23,24). The molecule has 1 aromatic heterocycles. The maximum absolute atomic E-state index is 12.0. The van der Waals surface area contributed by atoms with Gasteiger partial charge in [-0.15, -0.1) is 0 Å². The monoisotopic (exact) mass is 366 g/mol. The zero-order valence-corrected chi connectivity index (χ0v) is 14.9. The molecule has 0 saturated heterocycles. The molecule has 0 fully saturated rings. The Morgan fingerprint density at radius 2 is 1.93 bits per heavy atom. The second kappa shape index (κ2) is 7.33. The molecule has 0 atom stereocenters. The fraction of sp³-hybridized carbons (Fsp3) is 0.150. The van der Waals surface area contributed by atoms with Crippen LogP contribution in [0.2, 0.25) is 0 Å². The molecule has 0 saturated carbocycles. The van der Waals surface area contributed by atoms with Crippen molar-refractivity contribution in [3.63, 3.8) is 0 Å². The van der Waals surface area contributed by atoms with Crippen molar-refractivity contribution < 1.29 is 19.6 Å². The van der Waals surface area contributed by atoms with Gasteiger partial charge >= 0.3 is 5.97 Å². The highest BCUT2D eigenvalue weighted by molar-refractivity contribution is 5.97. The molecular weight excluding hydrogens is 348 g/mol. The number of nitro groups is 1. The van der Waals surface area contributed by atoms with E-state index in [-0.39, 0.29) is 16.9 Å². The number of ether oxygens (including phenoxy) is 1. The number of aromatic carboxylic acids is 1. The molecule has 0 aliphatic rings. The van der Waals surface area contributed by atoms with E-state index in [4.69, 9.17) is 4.74 Å². The predicted molar refractivity (Wildman–Crippen MR) is 101 cm³/mol. The molecule has 1 heterocycles. The van der Waals surface area contributed by atoms with E-state index < -0.39 is 10.9 Å². The van der Waals surface area contributed by atoms with E-state index in [0.717, 1.165) is 0 Å². The summed E-state index contributed by atoms with van der Waals surface area (Å²) in [7, 11) is 1.47. The third kappa shape index (κ3) is 3.27. The molecule has 1 N–H and O–H groups in total. The highest BCUT2D eigenvalue weighted by Crippen LogP contribution is 2.36. The number of hydrogen-bond acceptors (Lipinski definition) is 4. The molecule has 138 valence electrons. The molecule has 7 heteroatoms. The summed E-state index contributed by atoms with van der Waals surface area (Å²) in [5, 5.41) is 21.4. The lowest BCUT2D eigenvalue weighted by atomic mass is 10.0. The average Bonchev–Trinajstić information content (AvgIpc) is 3.08. The van der Waals surface area contributed by atoms with Crippen LogP contribution in [0.25, 0.3) is 16.9 Å². The predicted octanol–water partition coefficient (Wildman–Crippen LogP) is 4.32. The van der Waals surface area contributed by atoms with Gasteiger partial charge in [0.25, 0.3) is 5.69 Å². The minimum atomic E-state index is -1.07. The minimum absolute atomic E-state index is 0.137. The first kappa shape index (κ1) is 18.2. The van der Waals surface area contributed by atoms with Gasteiger partial charge in [0.05, 0.1) is 23.3 Å². The van der Waals surface area contributed by atoms with E-state index in [1.54, 1.807) is 35.0 Å². The summed E-state index contributed by atoms with van der Waals surface area (Å²) >= 11 is 0. The zero-order chi connectivity index (χ0) is 19.6. The molecule has 0 spiro atoms. The molecule has 3 aromatic rings. The smallest absolute Gasteiger partial charge is 0.338 e. The number of carbonyl (C=O) groups is 1. The molecule has 0 unspecified atom stereocenters. The van der Waals surface area contributed by atoms with Crippen LogP contribution in [-0.2, 0) is 6.42 Å². The van der Waals surface area contributed by atoms with Crippen LogP contribution in [-0.4, -0.2) is 27.7 Å². The van der Waals surface area contributed by atoms with Crippen LogP contribution in [0.15, 0.2) is 54.7 Å².